The molecule has 17 heavy (non-hydrogen) atoms. The van der Waals surface area contributed by atoms with Gasteiger partial charge in [0.15, 0.2) is 0 Å². The second-order valence-electron chi connectivity index (χ2n) is 4.50. The van der Waals surface area contributed by atoms with Crippen molar-refractivity contribution in [2.45, 2.75) is 32.6 Å². The summed E-state index contributed by atoms with van der Waals surface area (Å²) < 4.78 is 0. The Labute approximate surface area is 113 Å². The first-order chi connectivity index (χ1) is 8.13. The molecule has 1 aliphatic carbocycles. The predicted octanol–water partition coefficient (Wildman–Crippen LogP) is 5.33. The molecular weight excluding hydrogens is 253 g/mol. The average molecular weight is 270 g/mol. The molecule has 1 aromatic carbocycles. The van der Waals surface area contributed by atoms with Gasteiger partial charge in [-0.1, -0.05) is 42.3 Å². The Morgan fingerprint density at radius 3 is 1.88 bits per heavy atom. The number of nitriles is 1. The van der Waals surface area contributed by atoms with Crippen LogP contribution in [0.2, 0.25) is 10.0 Å². The molecule has 1 fully saturated rings. The van der Waals surface area contributed by atoms with Crippen LogP contribution in [0.5, 0.6) is 0 Å². The molecule has 1 saturated carbocycles. The molecule has 0 saturated heterocycles. The molecule has 0 aromatic heterocycles. The summed E-state index contributed by atoms with van der Waals surface area (Å²) in [5, 5.41) is 9.74. The van der Waals surface area contributed by atoms with Crippen molar-refractivity contribution in [1.29, 1.82) is 5.26 Å². The van der Waals surface area contributed by atoms with E-state index in [1.807, 2.05) is 12.1 Å². The van der Waals surface area contributed by atoms with Gasteiger partial charge in [-0.15, -0.1) is 0 Å². The first-order valence-electron chi connectivity index (χ1n) is 5.93. The highest BCUT2D eigenvalue weighted by atomic mass is 35.5. The normalized spacial score (nSPS) is 23.2. The Balaban J connectivity index is 0.000000171. The molecule has 0 bridgehead atoms. The molecule has 1 aliphatic rings. The predicted molar refractivity (Wildman–Crippen MR) is 73.2 cm³/mol. The van der Waals surface area contributed by atoms with Crippen LogP contribution in [-0.2, 0) is 0 Å². The Morgan fingerprint density at radius 1 is 1.06 bits per heavy atom. The molecule has 0 aliphatic heterocycles. The molecule has 92 valence electrons. The van der Waals surface area contributed by atoms with Crippen LogP contribution in [0.25, 0.3) is 0 Å². The summed E-state index contributed by atoms with van der Waals surface area (Å²) in [5.74, 6) is 1.25. The van der Waals surface area contributed by atoms with Crippen LogP contribution in [0.3, 0.4) is 0 Å². The Morgan fingerprint density at radius 2 is 1.53 bits per heavy atom. The number of rotatable bonds is 0. The molecule has 0 amide bonds. The van der Waals surface area contributed by atoms with Crippen molar-refractivity contribution in [2.24, 2.45) is 11.8 Å². The fourth-order valence-electron chi connectivity index (χ4n) is 1.83. The number of nitrogens with zero attached hydrogens (tertiary/aromatic N) is 1. The van der Waals surface area contributed by atoms with E-state index in [1.54, 1.807) is 12.1 Å². The lowest BCUT2D eigenvalue weighted by molar-refractivity contribution is 0.336. The molecule has 3 heteroatoms. The van der Waals surface area contributed by atoms with E-state index in [-0.39, 0.29) is 0 Å². The monoisotopic (exact) mass is 269 g/mol. The molecule has 0 atom stereocenters. The molecular formula is C14H17Cl2N. The molecule has 1 nitrogen and oxygen atoms in total. The van der Waals surface area contributed by atoms with Crippen molar-refractivity contribution in [2.75, 3.05) is 0 Å². The van der Waals surface area contributed by atoms with E-state index in [0.717, 1.165) is 18.8 Å². The van der Waals surface area contributed by atoms with E-state index in [4.69, 9.17) is 28.5 Å². The second-order valence-corrected chi connectivity index (χ2v) is 5.31. The number of hydrogen-bond donors (Lipinski definition) is 0. The molecule has 1 aromatic rings. The summed E-state index contributed by atoms with van der Waals surface area (Å²) in [6.07, 6.45) is 4.80. The second kappa shape index (κ2) is 7.58. The summed E-state index contributed by atoms with van der Waals surface area (Å²) in [6, 6.07) is 9.52. The van der Waals surface area contributed by atoms with Crippen molar-refractivity contribution < 1.29 is 0 Å². The Bertz CT molecular complexity index is 355. The van der Waals surface area contributed by atoms with Gasteiger partial charge in [-0.05, 0) is 43.7 Å². The van der Waals surface area contributed by atoms with Crippen LogP contribution in [-0.4, -0.2) is 0 Å². The zero-order valence-electron chi connectivity index (χ0n) is 10.00. The van der Waals surface area contributed by atoms with Gasteiger partial charge < -0.3 is 0 Å². The zero-order valence-corrected chi connectivity index (χ0v) is 11.5. The minimum absolute atomic E-state index is 0.376. The maximum absolute atomic E-state index is 8.53. The van der Waals surface area contributed by atoms with Crippen LogP contribution in [0.4, 0.5) is 0 Å². The van der Waals surface area contributed by atoms with E-state index >= 15 is 0 Å². The molecule has 0 N–H and O–H groups in total. The summed E-state index contributed by atoms with van der Waals surface area (Å²) in [5.41, 5.74) is 0. The smallest absolute Gasteiger partial charge is 0.0655 e. The van der Waals surface area contributed by atoms with E-state index in [9.17, 15) is 0 Å². The topological polar surface area (TPSA) is 23.8 Å². The fourth-order valence-corrected chi connectivity index (χ4v) is 2.10. The zero-order chi connectivity index (χ0) is 12.7. The third-order valence-corrected chi connectivity index (χ3v) is 3.78. The van der Waals surface area contributed by atoms with Gasteiger partial charge in [0.1, 0.15) is 0 Å². The average Bonchev–Trinajstić information content (AvgIpc) is 2.35. The largest absolute Gasteiger partial charge is 0.198 e. The molecule has 0 radical (unpaired) electrons. The highest BCUT2D eigenvalue weighted by Gasteiger charge is 2.16. The van der Waals surface area contributed by atoms with Crippen LogP contribution in [0.15, 0.2) is 24.3 Å². The number of halogens is 2. The highest BCUT2D eigenvalue weighted by molar-refractivity contribution is 6.41. The van der Waals surface area contributed by atoms with Crippen molar-refractivity contribution >= 4 is 23.2 Å². The number of hydrogen-bond acceptors (Lipinski definition) is 1. The summed E-state index contributed by atoms with van der Waals surface area (Å²) in [6.45, 7) is 2.27. The quantitative estimate of drug-likeness (QED) is 0.625. The van der Waals surface area contributed by atoms with Crippen molar-refractivity contribution in [1.82, 2.24) is 0 Å². The minimum atomic E-state index is 0.376. The van der Waals surface area contributed by atoms with Crippen molar-refractivity contribution in [3.63, 3.8) is 0 Å². The van der Waals surface area contributed by atoms with E-state index < -0.39 is 0 Å². The SMILES string of the molecule is CC1CCC(C#N)CC1.Clc1ccccc1Cl. The van der Waals surface area contributed by atoms with Gasteiger partial charge >= 0.3 is 0 Å². The minimum Gasteiger partial charge on any atom is -0.198 e. The van der Waals surface area contributed by atoms with E-state index in [0.29, 0.717) is 16.0 Å². The lowest BCUT2D eigenvalue weighted by atomic mass is 9.84. The lowest BCUT2D eigenvalue weighted by Crippen LogP contribution is -2.09. The van der Waals surface area contributed by atoms with Crippen molar-refractivity contribution in [3.05, 3.63) is 34.3 Å². The summed E-state index contributed by atoms with van der Waals surface area (Å²) in [7, 11) is 0. The third kappa shape index (κ3) is 5.44. The lowest BCUT2D eigenvalue weighted by Gasteiger charge is -2.20. The van der Waals surface area contributed by atoms with Crippen LogP contribution in [0.1, 0.15) is 32.6 Å². The summed E-state index contributed by atoms with van der Waals surface area (Å²) >= 11 is 11.2. The molecule has 0 heterocycles. The first-order valence-corrected chi connectivity index (χ1v) is 6.68. The van der Waals surface area contributed by atoms with Gasteiger partial charge in [-0.25, -0.2) is 0 Å². The Hall–Kier alpha value is -0.710. The Kier molecular flexibility index (Phi) is 6.40. The standard InChI is InChI=1S/C8H13N.C6H4Cl2/c1-7-2-4-8(6-9)5-3-7;7-5-3-1-2-4-6(5)8/h7-8H,2-5H2,1H3;1-4H. The van der Waals surface area contributed by atoms with Gasteiger partial charge in [-0.2, -0.15) is 5.26 Å². The highest BCUT2D eigenvalue weighted by Crippen LogP contribution is 2.27. The maximum atomic E-state index is 8.53. The molecule has 0 spiro atoms. The maximum Gasteiger partial charge on any atom is 0.0655 e. The van der Waals surface area contributed by atoms with Crippen molar-refractivity contribution in [3.8, 4) is 6.07 Å². The van der Waals surface area contributed by atoms with Gasteiger partial charge in [0.05, 0.1) is 16.1 Å². The third-order valence-electron chi connectivity index (χ3n) is 3.02. The molecule has 2 rings (SSSR count). The van der Waals surface area contributed by atoms with E-state index in [1.165, 1.54) is 12.8 Å². The van der Waals surface area contributed by atoms with Gasteiger partial charge in [-0.3, -0.25) is 0 Å². The van der Waals surface area contributed by atoms with Gasteiger partial charge in [0, 0.05) is 5.92 Å². The van der Waals surface area contributed by atoms with Crippen LogP contribution in [0, 0.1) is 23.2 Å². The van der Waals surface area contributed by atoms with Gasteiger partial charge in [0.2, 0.25) is 0 Å². The molecule has 0 unspecified atom stereocenters. The van der Waals surface area contributed by atoms with Gasteiger partial charge in [0.25, 0.3) is 0 Å². The fraction of sp³-hybridized carbons (Fsp3) is 0.500. The summed E-state index contributed by atoms with van der Waals surface area (Å²) in [4.78, 5) is 0. The van der Waals surface area contributed by atoms with Crippen LogP contribution < -0.4 is 0 Å². The van der Waals surface area contributed by atoms with E-state index in [2.05, 4.69) is 13.0 Å². The number of benzene rings is 1. The van der Waals surface area contributed by atoms with Crippen LogP contribution >= 0.6 is 23.2 Å². The first kappa shape index (κ1) is 14.4.